The number of hydrogen-bond donors (Lipinski definition) is 2. The van der Waals surface area contributed by atoms with Gasteiger partial charge in [0, 0.05) is 12.1 Å². The number of hydrogen-bond acceptors (Lipinski definition) is 6. The summed E-state index contributed by atoms with van der Waals surface area (Å²) in [5, 5.41) is 3.42. The molecule has 138 valence electrons. The molecule has 3 rings (SSSR count). The largest absolute Gasteiger partial charge is 0.460 e. The summed E-state index contributed by atoms with van der Waals surface area (Å²) >= 11 is 0. The molecule has 1 fully saturated rings. The number of piperidine rings is 1. The van der Waals surface area contributed by atoms with Gasteiger partial charge in [0.05, 0.1) is 12.5 Å². The molecule has 0 bridgehead atoms. The van der Waals surface area contributed by atoms with Gasteiger partial charge >= 0.3 is 6.01 Å². The molecule has 1 unspecified atom stereocenters. The highest BCUT2D eigenvalue weighted by Crippen LogP contribution is 2.33. The molecule has 1 aromatic rings. The number of amides is 1. The zero-order valence-corrected chi connectivity index (χ0v) is 15.3. The van der Waals surface area contributed by atoms with Crippen LogP contribution in [-0.2, 0) is 11.2 Å². The first kappa shape index (κ1) is 17.9. The second-order valence-corrected chi connectivity index (χ2v) is 7.13. The topological polar surface area (TPSA) is 93.4 Å². The van der Waals surface area contributed by atoms with E-state index in [9.17, 15) is 4.79 Å². The van der Waals surface area contributed by atoms with Crippen LogP contribution >= 0.6 is 0 Å². The molecule has 2 atom stereocenters. The van der Waals surface area contributed by atoms with Crippen LogP contribution in [0.2, 0.25) is 0 Å². The predicted molar refractivity (Wildman–Crippen MR) is 97.7 cm³/mol. The van der Waals surface area contributed by atoms with Crippen molar-refractivity contribution < 1.29 is 9.53 Å². The van der Waals surface area contributed by atoms with Crippen LogP contribution in [0.5, 0.6) is 6.01 Å². The van der Waals surface area contributed by atoms with E-state index >= 15 is 0 Å². The maximum atomic E-state index is 12.4. The number of nitrogens with zero attached hydrogens (tertiary/aromatic N) is 3. The van der Waals surface area contributed by atoms with Gasteiger partial charge in [-0.25, -0.2) is 0 Å². The van der Waals surface area contributed by atoms with E-state index in [0.717, 1.165) is 37.9 Å². The summed E-state index contributed by atoms with van der Waals surface area (Å²) in [6.07, 6.45) is 5.67. The Labute approximate surface area is 149 Å². The molecular weight excluding hydrogens is 318 g/mol. The van der Waals surface area contributed by atoms with E-state index in [1.807, 2.05) is 6.92 Å². The minimum atomic E-state index is 0.0290. The molecule has 2 aliphatic rings. The summed E-state index contributed by atoms with van der Waals surface area (Å²) in [6.45, 7) is 6.91. The molecule has 7 nitrogen and oxygen atoms in total. The van der Waals surface area contributed by atoms with Crippen LogP contribution in [0.3, 0.4) is 0 Å². The standard InChI is InChI=1S/C18H29N5O2/c1-3-5-12(2)25-18-21-16(19)14-10-15(24)23(17(14)22-18)9-7-13-6-4-8-20-11-13/h12-13,20H,3-11H2,1-2H3,(H2,19,21,22)/t12-,13?/m0/s1. The van der Waals surface area contributed by atoms with Gasteiger partial charge in [-0.15, -0.1) is 0 Å². The van der Waals surface area contributed by atoms with Crippen LogP contribution in [0.1, 0.15) is 51.5 Å². The molecule has 0 saturated carbocycles. The third-order valence-electron chi connectivity index (χ3n) is 5.04. The highest BCUT2D eigenvalue weighted by atomic mass is 16.5. The Balaban J connectivity index is 1.72. The number of anilines is 2. The number of fused-ring (bicyclic) bond motifs is 1. The first-order valence-electron chi connectivity index (χ1n) is 9.42. The molecule has 0 aromatic carbocycles. The van der Waals surface area contributed by atoms with Gasteiger partial charge in [-0.3, -0.25) is 9.69 Å². The Morgan fingerprint density at radius 1 is 1.44 bits per heavy atom. The van der Waals surface area contributed by atoms with Crippen molar-refractivity contribution in [3.63, 3.8) is 0 Å². The molecule has 1 aromatic heterocycles. The monoisotopic (exact) mass is 347 g/mol. The number of nitrogens with one attached hydrogen (secondary N) is 1. The number of nitrogen functional groups attached to an aromatic ring is 1. The molecule has 25 heavy (non-hydrogen) atoms. The zero-order valence-electron chi connectivity index (χ0n) is 15.3. The van der Waals surface area contributed by atoms with Gasteiger partial charge in [0.1, 0.15) is 11.6 Å². The Kier molecular flexibility index (Phi) is 5.73. The highest BCUT2D eigenvalue weighted by molar-refractivity contribution is 6.01. The van der Waals surface area contributed by atoms with Crippen LogP contribution < -0.4 is 20.7 Å². The molecule has 0 aliphatic carbocycles. The Morgan fingerprint density at radius 2 is 2.28 bits per heavy atom. The maximum absolute atomic E-state index is 12.4. The van der Waals surface area contributed by atoms with E-state index < -0.39 is 0 Å². The number of aromatic nitrogens is 2. The normalized spacial score (nSPS) is 21.3. The van der Waals surface area contributed by atoms with Crippen molar-refractivity contribution in [1.82, 2.24) is 15.3 Å². The van der Waals surface area contributed by atoms with Crippen molar-refractivity contribution >= 4 is 17.5 Å². The van der Waals surface area contributed by atoms with Crippen LogP contribution in [0.15, 0.2) is 0 Å². The molecule has 0 spiro atoms. The third-order valence-corrected chi connectivity index (χ3v) is 5.04. The lowest BCUT2D eigenvalue weighted by Gasteiger charge is -2.25. The van der Waals surface area contributed by atoms with Gasteiger partial charge in [-0.2, -0.15) is 9.97 Å². The third kappa shape index (κ3) is 4.21. The maximum Gasteiger partial charge on any atom is 0.320 e. The molecule has 7 heteroatoms. The van der Waals surface area contributed by atoms with E-state index in [1.165, 1.54) is 12.8 Å². The van der Waals surface area contributed by atoms with Crippen molar-refractivity contribution in [2.24, 2.45) is 5.92 Å². The number of nitrogens with two attached hydrogens (primary N) is 1. The molecule has 1 amide bonds. The number of ether oxygens (including phenoxy) is 1. The van der Waals surface area contributed by atoms with E-state index in [4.69, 9.17) is 10.5 Å². The van der Waals surface area contributed by atoms with Crippen molar-refractivity contribution in [2.75, 3.05) is 30.3 Å². The fourth-order valence-electron chi connectivity index (χ4n) is 3.64. The number of rotatable bonds is 7. The lowest BCUT2D eigenvalue weighted by atomic mass is 9.96. The fourth-order valence-corrected chi connectivity index (χ4v) is 3.64. The Hall–Kier alpha value is -1.89. The summed E-state index contributed by atoms with van der Waals surface area (Å²) < 4.78 is 5.79. The van der Waals surface area contributed by atoms with Gasteiger partial charge in [-0.05, 0) is 51.6 Å². The van der Waals surface area contributed by atoms with E-state index in [-0.39, 0.29) is 24.4 Å². The van der Waals surface area contributed by atoms with Gasteiger partial charge in [0.15, 0.2) is 0 Å². The lowest BCUT2D eigenvalue weighted by molar-refractivity contribution is -0.117. The average molecular weight is 347 g/mol. The highest BCUT2D eigenvalue weighted by Gasteiger charge is 2.32. The lowest BCUT2D eigenvalue weighted by Crippen LogP contribution is -2.34. The van der Waals surface area contributed by atoms with Crippen LogP contribution in [0, 0.1) is 5.92 Å². The Morgan fingerprint density at radius 3 is 3.00 bits per heavy atom. The summed E-state index contributed by atoms with van der Waals surface area (Å²) in [5.74, 6) is 1.67. The van der Waals surface area contributed by atoms with Crippen molar-refractivity contribution in [3.8, 4) is 6.01 Å². The predicted octanol–water partition coefficient (Wildman–Crippen LogP) is 1.90. The van der Waals surface area contributed by atoms with E-state index in [2.05, 4.69) is 22.2 Å². The molecule has 3 N–H and O–H groups in total. The summed E-state index contributed by atoms with van der Waals surface area (Å²) in [7, 11) is 0. The smallest absolute Gasteiger partial charge is 0.320 e. The second-order valence-electron chi connectivity index (χ2n) is 7.13. The van der Waals surface area contributed by atoms with Crippen LogP contribution in [0.4, 0.5) is 11.6 Å². The zero-order chi connectivity index (χ0) is 17.8. The summed E-state index contributed by atoms with van der Waals surface area (Å²) in [4.78, 5) is 23.0. The van der Waals surface area contributed by atoms with Gasteiger partial charge in [-0.1, -0.05) is 13.3 Å². The first-order valence-corrected chi connectivity index (χ1v) is 9.42. The van der Waals surface area contributed by atoms with Gasteiger partial charge < -0.3 is 15.8 Å². The average Bonchev–Trinajstić information content (AvgIpc) is 2.90. The van der Waals surface area contributed by atoms with Crippen LogP contribution in [-0.4, -0.2) is 41.6 Å². The fraction of sp³-hybridized carbons (Fsp3) is 0.722. The second kappa shape index (κ2) is 7.99. The van der Waals surface area contributed by atoms with Crippen molar-refractivity contribution in [1.29, 1.82) is 0 Å². The molecule has 1 saturated heterocycles. The minimum Gasteiger partial charge on any atom is -0.460 e. The van der Waals surface area contributed by atoms with E-state index in [0.29, 0.717) is 24.1 Å². The van der Waals surface area contributed by atoms with E-state index in [1.54, 1.807) is 4.90 Å². The van der Waals surface area contributed by atoms with Gasteiger partial charge in [0.2, 0.25) is 5.91 Å². The summed E-state index contributed by atoms with van der Waals surface area (Å²) in [5.41, 5.74) is 6.80. The van der Waals surface area contributed by atoms with Gasteiger partial charge in [0.25, 0.3) is 0 Å². The molecule has 2 aliphatic heterocycles. The Bertz CT molecular complexity index is 616. The first-order chi connectivity index (χ1) is 12.1. The van der Waals surface area contributed by atoms with Crippen molar-refractivity contribution in [3.05, 3.63) is 5.56 Å². The SMILES string of the molecule is CCC[C@H](C)Oc1nc(N)c2c(n1)N(CCC1CCCNC1)C(=O)C2. The molecule has 0 radical (unpaired) electrons. The quantitative estimate of drug-likeness (QED) is 0.782. The summed E-state index contributed by atoms with van der Waals surface area (Å²) in [6, 6.07) is 0.274. The minimum absolute atomic E-state index is 0.0290. The number of carbonyl (C=O) groups is 1. The number of carbonyl (C=O) groups excluding carboxylic acids is 1. The molecular formula is C18H29N5O2. The van der Waals surface area contributed by atoms with Crippen molar-refractivity contribution in [2.45, 2.75) is 58.5 Å². The van der Waals surface area contributed by atoms with Crippen LogP contribution in [0.25, 0.3) is 0 Å². The molecule has 3 heterocycles.